The number of aliphatic hydroxyl groups is 1. The Morgan fingerprint density at radius 2 is 1.81 bits per heavy atom. The Kier molecular flexibility index (Phi) is 5.87. The van der Waals surface area contributed by atoms with E-state index in [-0.39, 0.29) is 0 Å². The number of aliphatic hydroxyl groups excluding tert-OH is 1. The van der Waals surface area contributed by atoms with Crippen molar-refractivity contribution in [2.45, 2.75) is 25.6 Å². The number of rotatable bonds is 5. The highest BCUT2D eigenvalue weighted by atomic mass is 35.5. The van der Waals surface area contributed by atoms with Crippen molar-refractivity contribution < 1.29 is 18.3 Å². The Balaban J connectivity index is 2.27. The first-order chi connectivity index (χ1) is 12.7. The van der Waals surface area contributed by atoms with Crippen molar-refractivity contribution in [1.82, 2.24) is 5.32 Å². The Morgan fingerprint density at radius 1 is 1.07 bits per heavy atom. The molecule has 2 nitrogen and oxygen atoms in total. The molecule has 0 aromatic heterocycles. The average Bonchev–Trinajstić information content (AvgIpc) is 2.59. The third-order valence-electron chi connectivity index (χ3n) is 4.53. The molecular formula is C20H18Cl2F3NO. The lowest BCUT2D eigenvalue weighted by molar-refractivity contribution is -0.137. The Labute approximate surface area is 164 Å². The highest BCUT2D eigenvalue weighted by Gasteiger charge is 2.31. The van der Waals surface area contributed by atoms with Crippen LogP contribution in [0.25, 0.3) is 21.5 Å². The lowest BCUT2D eigenvalue weighted by atomic mass is 9.92. The van der Waals surface area contributed by atoms with Gasteiger partial charge in [-0.05, 0) is 71.6 Å². The van der Waals surface area contributed by atoms with Crippen LogP contribution in [-0.2, 0) is 6.18 Å². The van der Waals surface area contributed by atoms with Crippen molar-refractivity contribution in [2.24, 2.45) is 0 Å². The minimum Gasteiger partial charge on any atom is -0.388 e. The Hall–Kier alpha value is -1.53. The zero-order valence-corrected chi connectivity index (χ0v) is 16.0. The van der Waals surface area contributed by atoms with Crippen LogP contribution in [-0.4, -0.2) is 18.2 Å². The molecule has 3 rings (SSSR count). The van der Waals surface area contributed by atoms with E-state index in [1.54, 1.807) is 12.1 Å². The summed E-state index contributed by atoms with van der Waals surface area (Å²) in [5.41, 5.74) is -0.162. The van der Waals surface area contributed by atoms with Crippen molar-refractivity contribution in [3.05, 3.63) is 57.6 Å². The third-order valence-corrected chi connectivity index (χ3v) is 5.05. The topological polar surface area (TPSA) is 32.3 Å². The molecule has 0 saturated heterocycles. The maximum absolute atomic E-state index is 13.2. The van der Waals surface area contributed by atoms with E-state index in [4.69, 9.17) is 23.2 Å². The first kappa shape index (κ1) is 20.2. The normalized spacial score (nSPS) is 13.4. The predicted octanol–water partition coefficient (Wildman–Crippen LogP) is 6.35. The fourth-order valence-corrected chi connectivity index (χ4v) is 3.85. The third kappa shape index (κ3) is 4.16. The highest BCUT2D eigenvalue weighted by Crippen LogP contribution is 2.40. The van der Waals surface area contributed by atoms with Crippen LogP contribution < -0.4 is 5.32 Å². The van der Waals surface area contributed by atoms with Crippen molar-refractivity contribution in [3.63, 3.8) is 0 Å². The van der Waals surface area contributed by atoms with Gasteiger partial charge in [-0.3, -0.25) is 0 Å². The van der Waals surface area contributed by atoms with E-state index in [1.807, 2.05) is 6.92 Å². The van der Waals surface area contributed by atoms with Crippen LogP contribution in [0.2, 0.25) is 10.0 Å². The van der Waals surface area contributed by atoms with Gasteiger partial charge in [0.2, 0.25) is 0 Å². The first-order valence-electron chi connectivity index (χ1n) is 8.53. The summed E-state index contributed by atoms with van der Waals surface area (Å²) in [7, 11) is 0. The molecule has 0 amide bonds. The second-order valence-corrected chi connectivity index (χ2v) is 7.21. The van der Waals surface area contributed by atoms with Gasteiger partial charge in [0.1, 0.15) is 0 Å². The highest BCUT2D eigenvalue weighted by molar-refractivity contribution is 6.40. The van der Waals surface area contributed by atoms with Crippen LogP contribution in [0.4, 0.5) is 13.2 Å². The summed E-state index contributed by atoms with van der Waals surface area (Å²) in [6.45, 7) is 3.35. The van der Waals surface area contributed by atoms with Crippen molar-refractivity contribution >= 4 is 44.7 Å². The number of hydrogen-bond acceptors (Lipinski definition) is 2. The molecule has 1 unspecified atom stereocenters. The van der Waals surface area contributed by atoms with Crippen LogP contribution in [0.15, 0.2) is 36.4 Å². The van der Waals surface area contributed by atoms with E-state index in [0.717, 1.165) is 18.7 Å². The number of fused-ring (bicyclic) bond motifs is 3. The second-order valence-electron chi connectivity index (χ2n) is 6.37. The Bertz CT molecular complexity index is 989. The molecule has 0 heterocycles. The summed E-state index contributed by atoms with van der Waals surface area (Å²) in [5.74, 6) is 0. The molecule has 0 aliphatic heterocycles. The summed E-state index contributed by atoms with van der Waals surface area (Å²) in [5, 5.41) is 16.4. The number of benzene rings is 3. The molecule has 0 aliphatic rings. The Morgan fingerprint density at radius 3 is 2.48 bits per heavy atom. The number of halogens is 5. The molecule has 0 radical (unpaired) electrons. The van der Waals surface area contributed by atoms with E-state index in [2.05, 4.69) is 5.32 Å². The molecule has 7 heteroatoms. The van der Waals surface area contributed by atoms with E-state index >= 15 is 0 Å². The monoisotopic (exact) mass is 415 g/mol. The van der Waals surface area contributed by atoms with E-state index in [0.29, 0.717) is 50.1 Å². The van der Waals surface area contributed by atoms with E-state index in [9.17, 15) is 18.3 Å². The molecule has 0 bridgehead atoms. The average molecular weight is 416 g/mol. The molecule has 27 heavy (non-hydrogen) atoms. The van der Waals surface area contributed by atoms with Crippen LogP contribution in [0.1, 0.15) is 30.6 Å². The number of hydrogen-bond donors (Lipinski definition) is 2. The van der Waals surface area contributed by atoms with Crippen molar-refractivity contribution in [3.8, 4) is 0 Å². The van der Waals surface area contributed by atoms with E-state index in [1.165, 1.54) is 12.1 Å². The van der Waals surface area contributed by atoms with Crippen molar-refractivity contribution in [2.75, 3.05) is 13.1 Å². The van der Waals surface area contributed by atoms with Gasteiger partial charge in [0.05, 0.1) is 16.7 Å². The lowest BCUT2D eigenvalue weighted by Gasteiger charge is -2.18. The summed E-state index contributed by atoms with van der Waals surface area (Å²) in [4.78, 5) is 0. The van der Waals surface area contributed by atoms with Crippen LogP contribution in [0.5, 0.6) is 0 Å². The molecule has 144 valence electrons. The van der Waals surface area contributed by atoms with Gasteiger partial charge >= 0.3 is 6.18 Å². The summed E-state index contributed by atoms with van der Waals surface area (Å²) >= 11 is 12.5. The molecule has 0 saturated carbocycles. The minimum atomic E-state index is -4.45. The zero-order valence-electron chi connectivity index (χ0n) is 14.5. The van der Waals surface area contributed by atoms with Gasteiger partial charge in [-0.2, -0.15) is 13.2 Å². The van der Waals surface area contributed by atoms with Crippen molar-refractivity contribution in [1.29, 1.82) is 0 Å². The fourth-order valence-electron chi connectivity index (χ4n) is 3.24. The standard InChI is InChI=1S/C20H18Cl2F3NO/c1-2-26-6-5-18(27)16-7-11-3-4-12(20(23,24)25)8-14(11)15-9-13(21)10-17(22)19(15)16/h3-4,7-10,18,26-27H,2,5-6H2,1H3. The maximum atomic E-state index is 13.2. The van der Waals surface area contributed by atoms with Crippen LogP contribution in [0.3, 0.4) is 0 Å². The SMILES string of the molecule is CCNCCC(O)c1cc2ccc(C(F)(F)F)cc2c2cc(Cl)cc(Cl)c12. The lowest BCUT2D eigenvalue weighted by Crippen LogP contribution is -2.16. The molecule has 0 spiro atoms. The van der Waals surface area contributed by atoms with Gasteiger partial charge < -0.3 is 10.4 Å². The van der Waals surface area contributed by atoms with Gasteiger partial charge in [0.15, 0.2) is 0 Å². The van der Waals surface area contributed by atoms with Gasteiger partial charge in [-0.15, -0.1) is 0 Å². The minimum absolute atomic E-state index is 0.300. The summed E-state index contributed by atoms with van der Waals surface area (Å²) in [6.07, 6.45) is -4.81. The second kappa shape index (κ2) is 7.84. The fraction of sp³-hybridized carbons (Fsp3) is 0.300. The van der Waals surface area contributed by atoms with Gasteiger partial charge in [-0.25, -0.2) is 0 Å². The predicted molar refractivity (Wildman–Crippen MR) is 105 cm³/mol. The largest absolute Gasteiger partial charge is 0.416 e. The quantitative estimate of drug-likeness (QED) is 0.375. The first-order valence-corrected chi connectivity index (χ1v) is 9.29. The smallest absolute Gasteiger partial charge is 0.388 e. The van der Waals surface area contributed by atoms with Gasteiger partial charge in [-0.1, -0.05) is 36.2 Å². The molecule has 3 aromatic carbocycles. The molecule has 3 aromatic rings. The molecule has 0 fully saturated rings. The molecule has 1 atom stereocenters. The van der Waals surface area contributed by atoms with Crippen LogP contribution in [0, 0.1) is 0 Å². The summed E-state index contributed by atoms with van der Waals surface area (Å²) in [6, 6.07) is 8.37. The van der Waals surface area contributed by atoms with Gasteiger partial charge in [0, 0.05) is 10.4 Å². The zero-order chi connectivity index (χ0) is 19.8. The number of alkyl halides is 3. The molecule has 0 aliphatic carbocycles. The number of nitrogens with one attached hydrogen (secondary N) is 1. The van der Waals surface area contributed by atoms with E-state index < -0.39 is 17.8 Å². The maximum Gasteiger partial charge on any atom is 0.416 e. The molecule has 2 N–H and O–H groups in total. The summed E-state index contributed by atoms with van der Waals surface area (Å²) < 4.78 is 39.5. The van der Waals surface area contributed by atoms with Crippen LogP contribution >= 0.6 is 23.2 Å². The molecular weight excluding hydrogens is 398 g/mol. The van der Waals surface area contributed by atoms with Gasteiger partial charge in [0.25, 0.3) is 0 Å².